The second-order valence-corrected chi connectivity index (χ2v) is 8.80. The van der Waals surface area contributed by atoms with E-state index in [0.29, 0.717) is 6.04 Å². The molecule has 0 unspecified atom stereocenters. The summed E-state index contributed by atoms with van der Waals surface area (Å²) in [6.07, 6.45) is 8.16. The molecule has 1 fully saturated rings. The molecule has 0 saturated heterocycles. The summed E-state index contributed by atoms with van der Waals surface area (Å²) in [5.74, 6) is 1.66. The maximum absolute atomic E-state index is 2.81. The Hall–Kier alpha value is -0.860. The van der Waals surface area contributed by atoms with Crippen LogP contribution in [0, 0.1) is 11.8 Å². The first-order valence-electron chi connectivity index (χ1n) is 12.4. The third kappa shape index (κ3) is 11.8. The van der Waals surface area contributed by atoms with Crippen molar-refractivity contribution in [2.45, 2.75) is 99.6 Å². The van der Waals surface area contributed by atoms with Gasteiger partial charge in [-0.3, -0.25) is 4.90 Å². The van der Waals surface area contributed by atoms with Crippen molar-refractivity contribution < 1.29 is 0 Å². The molecule has 1 aromatic rings. The summed E-state index contributed by atoms with van der Waals surface area (Å²) in [7, 11) is 4.44. The number of aryl methyl sites for hydroxylation is 1. The summed E-state index contributed by atoms with van der Waals surface area (Å²) in [4.78, 5) is 5.18. The van der Waals surface area contributed by atoms with Crippen LogP contribution in [0.25, 0.3) is 0 Å². The van der Waals surface area contributed by atoms with Gasteiger partial charge in [0.1, 0.15) is 0 Å². The fraction of sp³-hybridized carbons (Fsp3) is 0.778. The normalized spacial score (nSPS) is 15.2. The topological polar surface area (TPSA) is 6.48 Å². The first-order chi connectivity index (χ1) is 14.0. The highest BCUT2D eigenvalue weighted by atomic mass is 15.2. The fourth-order valence-electron chi connectivity index (χ4n) is 4.35. The number of nitrogens with zero attached hydrogens (tertiary/aromatic N) is 2. The largest absolute Gasteiger partial charge is 0.308 e. The van der Waals surface area contributed by atoms with E-state index >= 15 is 0 Å². The number of rotatable bonds is 10. The maximum atomic E-state index is 2.81. The molecule has 0 spiro atoms. The lowest BCUT2D eigenvalue weighted by molar-refractivity contribution is 0.115. The predicted molar refractivity (Wildman–Crippen MR) is 133 cm³/mol. The van der Waals surface area contributed by atoms with Crippen LogP contribution in [0.1, 0.15) is 91.7 Å². The Morgan fingerprint density at radius 2 is 1.55 bits per heavy atom. The van der Waals surface area contributed by atoms with Gasteiger partial charge < -0.3 is 4.90 Å². The first kappa shape index (κ1) is 28.1. The molecule has 170 valence electrons. The van der Waals surface area contributed by atoms with Gasteiger partial charge in [-0.2, -0.15) is 0 Å². The Balaban J connectivity index is 0.00000184. The van der Waals surface area contributed by atoms with Crippen molar-refractivity contribution in [2.75, 3.05) is 27.2 Å². The van der Waals surface area contributed by atoms with E-state index in [0.717, 1.165) is 24.8 Å². The van der Waals surface area contributed by atoms with Crippen molar-refractivity contribution in [3.63, 3.8) is 0 Å². The van der Waals surface area contributed by atoms with Crippen LogP contribution < -0.4 is 0 Å². The van der Waals surface area contributed by atoms with Gasteiger partial charge in [-0.05, 0) is 62.7 Å². The number of hydrogen-bond acceptors (Lipinski definition) is 2. The van der Waals surface area contributed by atoms with Crippen LogP contribution in [0.2, 0.25) is 0 Å². The van der Waals surface area contributed by atoms with Crippen LogP contribution in [-0.2, 0) is 13.0 Å². The standard InChI is InChI=1S/C23H40N2.2C2H6/c1-6-20-12-9-13-22(15-20)17-25(16-21-10-7-8-11-21)23(14-19(2)3)18-24(4)5;2*1-2/h9,12-13,15,19,21,23H,6-8,10-11,14,16-18H2,1-5H3;2*1-2H3/t23-;;/m0../s1. The molecule has 0 heterocycles. The molecule has 1 aromatic carbocycles. The molecule has 2 nitrogen and oxygen atoms in total. The average Bonchev–Trinajstić information content (AvgIpc) is 3.23. The first-order valence-corrected chi connectivity index (χ1v) is 12.4. The number of benzene rings is 1. The summed E-state index contributed by atoms with van der Waals surface area (Å²) < 4.78 is 0. The lowest BCUT2D eigenvalue weighted by Crippen LogP contribution is -2.44. The van der Waals surface area contributed by atoms with Gasteiger partial charge in [0.05, 0.1) is 0 Å². The smallest absolute Gasteiger partial charge is 0.0237 e. The minimum atomic E-state index is 0.654. The molecule has 29 heavy (non-hydrogen) atoms. The Morgan fingerprint density at radius 3 is 2.07 bits per heavy atom. The van der Waals surface area contributed by atoms with Crippen molar-refractivity contribution in [3.8, 4) is 0 Å². The van der Waals surface area contributed by atoms with Gasteiger partial charge in [0.25, 0.3) is 0 Å². The van der Waals surface area contributed by atoms with E-state index in [9.17, 15) is 0 Å². The Labute approximate surface area is 184 Å². The van der Waals surface area contributed by atoms with Crippen molar-refractivity contribution in [2.24, 2.45) is 11.8 Å². The van der Waals surface area contributed by atoms with E-state index in [-0.39, 0.29) is 0 Å². The molecular formula is C27H52N2. The quantitative estimate of drug-likeness (QED) is 0.404. The lowest BCUT2D eigenvalue weighted by atomic mass is 9.98. The zero-order valence-electron chi connectivity index (χ0n) is 21.3. The van der Waals surface area contributed by atoms with Crippen LogP contribution in [-0.4, -0.2) is 43.0 Å². The maximum Gasteiger partial charge on any atom is 0.0237 e. The van der Waals surface area contributed by atoms with Crippen molar-refractivity contribution >= 4 is 0 Å². The van der Waals surface area contributed by atoms with E-state index < -0.39 is 0 Å². The van der Waals surface area contributed by atoms with Crippen LogP contribution in [0.15, 0.2) is 24.3 Å². The predicted octanol–water partition coefficient (Wildman–Crippen LogP) is 7.27. The molecule has 1 saturated carbocycles. The Morgan fingerprint density at radius 1 is 0.966 bits per heavy atom. The van der Waals surface area contributed by atoms with Gasteiger partial charge >= 0.3 is 0 Å². The minimum Gasteiger partial charge on any atom is -0.308 e. The summed E-state index contributed by atoms with van der Waals surface area (Å²) in [6.45, 7) is 18.5. The monoisotopic (exact) mass is 404 g/mol. The molecule has 1 aliphatic carbocycles. The molecule has 0 aliphatic heterocycles. The van der Waals surface area contributed by atoms with Gasteiger partial charge in [-0.15, -0.1) is 0 Å². The molecule has 0 bridgehead atoms. The third-order valence-electron chi connectivity index (χ3n) is 5.59. The van der Waals surface area contributed by atoms with E-state index in [1.165, 1.54) is 56.3 Å². The van der Waals surface area contributed by atoms with Crippen molar-refractivity contribution in [1.82, 2.24) is 9.80 Å². The van der Waals surface area contributed by atoms with E-state index in [2.05, 4.69) is 68.9 Å². The highest BCUT2D eigenvalue weighted by molar-refractivity contribution is 5.23. The van der Waals surface area contributed by atoms with E-state index in [1.807, 2.05) is 27.7 Å². The zero-order valence-corrected chi connectivity index (χ0v) is 21.3. The second kappa shape index (κ2) is 16.9. The average molecular weight is 405 g/mol. The Kier molecular flexibility index (Phi) is 16.4. The van der Waals surface area contributed by atoms with Gasteiger partial charge in [0.15, 0.2) is 0 Å². The molecule has 0 aromatic heterocycles. The molecule has 1 atom stereocenters. The van der Waals surface area contributed by atoms with Crippen molar-refractivity contribution in [1.29, 1.82) is 0 Å². The summed E-state index contributed by atoms with van der Waals surface area (Å²) in [5, 5.41) is 0. The molecule has 2 heteroatoms. The number of likely N-dealkylation sites (N-methyl/N-ethyl adjacent to an activating group) is 1. The van der Waals surface area contributed by atoms with E-state index in [1.54, 1.807) is 0 Å². The minimum absolute atomic E-state index is 0.654. The van der Waals surface area contributed by atoms with Crippen molar-refractivity contribution in [3.05, 3.63) is 35.4 Å². The molecule has 2 rings (SSSR count). The second-order valence-electron chi connectivity index (χ2n) is 8.80. The SMILES string of the molecule is CC.CC.CCc1cccc(CN(CC2CCCC2)[C@@H](CC(C)C)CN(C)C)c1. The van der Waals surface area contributed by atoms with Gasteiger partial charge in [0, 0.05) is 25.7 Å². The van der Waals surface area contributed by atoms with Crippen LogP contribution in [0.4, 0.5) is 0 Å². The fourth-order valence-corrected chi connectivity index (χ4v) is 4.35. The third-order valence-corrected chi connectivity index (χ3v) is 5.59. The van der Waals surface area contributed by atoms with Gasteiger partial charge in [0.2, 0.25) is 0 Å². The summed E-state index contributed by atoms with van der Waals surface area (Å²) in [5.41, 5.74) is 2.95. The zero-order chi connectivity index (χ0) is 22.2. The summed E-state index contributed by atoms with van der Waals surface area (Å²) in [6, 6.07) is 9.90. The molecular weight excluding hydrogens is 352 g/mol. The van der Waals surface area contributed by atoms with Gasteiger partial charge in [-0.1, -0.05) is 85.6 Å². The van der Waals surface area contributed by atoms with Crippen LogP contribution in [0.3, 0.4) is 0 Å². The molecule has 1 aliphatic rings. The molecule has 0 amide bonds. The Bertz CT molecular complexity index is 479. The van der Waals surface area contributed by atoms with Crippen LogP contribution >= 0.6 is 0 Å². The molecule has 0 N–H and O–H groups in total. The number of hydrogen-bond donors (Lipinski definition) is 0. The van der Waals surface area contributed by atoms with E-state index in [4.69, 9.17) is 0 Å². The van der Waals surface area contributed by atoms with Gasteiger partial charge in [-0.25, -0.2) is 0 Å². The lowest BCUT2D eigenvalue weighted by Gasteiger charge is -2.36. The van der Waals surface area contributed by atoms with Crippen LogP contribution in [0.5, 0.6) is 0 Å². The highest BCUT2D eigenvalue weighted by Crippen LogP contribution is 2.28. The summed E-state index contributed by atoms with van der Waals surface area (Å²) >= 11 is 0. The highest BCUT2D eigenvalue weighted by Gasteiger charge is 2.25. The molecule has 0 radical (unpaired) electrons.